The van der Waals surface area contributed by atoms with Gasteiger partial charge in [0.2, 0.25) is 0 Å². The van der Waals surface area contributed by atoms with Gasteiger partial charge >= 0.3 is 0 Å². The van der Waals surface area contributed by atoms with Gasteiger partial charge in [-0.2, -0.15) is 0 Å². The minimum absolute atomic E-state index is 0.0356. The Hall–Kier alpha value is -0.370. The van der Waals surface area contributed by atoms with Gasteiger partial charge in [-0.15, -0.1) is 0 Å². The molecule has 29 heavy (non-hydrogen) atoms. The quantitative estimate of drug-likeness (QED) is 0.549. The van der Waals surface area contributed by atoms with Gasteiger partial charge in [0, 0.05) is 18.3 Å². The molecule has 0 aromatic carbocycles. The fraction of sp³-hybridized carbons (Fsp3) is 0.963. The number of fused-ring (bicyclic) bond motifs is 5. The second kappa shape index (κ2) is 7.64. The molecule has 2 nitrogen and oxygen atoms in total. The maximum atomic E-state index is 12.1. The first-order valence-corrected chi connectivity index (χ1v) is 12.8. The van der Waals surface area contributed by atoms with Gasteiger partial charge in [0.15, 0.2) is 0 Å². The zero-order chi connectivity index (χ0) is 21.0. The van der Waals surface area contributed by atoms with E-state index in [0.29, 0.717) is 30.0 Å². The Labute approximate surface area is 179 Å². The molecule has 6 unspecified atom stereocenters. The van der Waals surface area contributed by atoms with Crippen molar-refractivity contribution in [3.8, 4) is 0 Å². The summed E-state index contributed by atoms with van der Waals surface area (Å²) in [6.07, 6.45) is 13.7. The lowest BCUT2D eigenvalue weighted by Gasteiger charge is -2.63. The highest BCUT2D eigenvalue weighted by Crippen LogP contribution is 2.69. The molecule has 0 spiro atoms. The van der Waals surface area contributed by atoms with Crippen LogP contribution in [0.4, 0.5) is 0 Å². The van der Waals surface area contributed by atoms with E-state index in [1.165, 1.54) is 44.9 Å². The summed E-state index contributed by atoms with van der Waals surface area (Å²) < 4.78 is 0. The van der Waals surface area contributed by atoms with Crippen LogP contribution in [0.5, 0.6) is 0 Å². The van der Waals surface area contributed by atoms with Crippen LogP contribution in [0.15, 0.2) is 0 Å². The number of Topliss-reactive ketones (excluding diaryl/α,β-unsaturated/α-hetero) is 1. The van der Waals surface area contributed by atoms with Crippen molar-refractivity contribution in [3.05, 3.63) is 0 Å². The van der Waals surface area contributed by atoms with E-state index < -0.39 is 5.60 Å². The van der Waals surface area contributed by atoms with Gasteiger partial charge in [0.05, 0.1) is 5.60 Å². The highest BCUT2D eigenvalue weighted by Gasteiger charge is 2.64. The molecule has 4 aliphatic rings. The molecular weight excluding hydrogens is 356 g/mol. The minimum Gasteiger partial charge on any atom is -0.389 e. The van der Waals surface area contributed by atoms with Gasteiger partial charge in [-0.3, -0.25) is 4.79 Å². The predicted molar refractivity (Wildman–Crippen MR) is 120 cm³/mol. The van der Waals surface area contributed by atoms with Crippen LogP contribution in [0.25, 0.3) is 0 Å². The molecule has 0 heterocycles. The summed E-state index contributed by atoms with van der Waals surface area (Å²) in [5.74, 6) is 5.11. The van der Waals surface area contributed by atoms with Crippen LogP contribution < -0.4 is 0 Å². The van der Waals surface area contributed by atoms with Crippen molar-refractivity contribution in [3.63, 3.8) is 0 Å². The van der Waals surface area contributed by atoms with Crippen LogP contribution in [0, 0.1) is 46.3 Å². The van der Waals surface area contributed by atoms with E-state index in [9.17, 15) is 9.90 Å². The number of aliphatic hydroxyl groups is 1. The van der Waals surface area contributed by atoms with Crippen LogP contribution in [0.2, 0.25) is 0 Å². The van der Waals surface area contributed by atoms with E-state index in [1.54, 1.807) is 0 Å². The van der Waals surface area contributed by atoms with Crippen LogP contribution in [0.1, 0.15) is 112 Å². The molecule has 0 radical (unpaired) electrons. The average Bonchev–Trinajstić information content (AvgIpc) is 2.99. The maximum absolute atomic E-state index is 12.1. The van der Waals surface area contributed by atoms with Crippen LogP contribution in [0.3, 0.4) is 0 Å². The van der Waals surface area contributed by atoms with Gasteiger partial charge in [-0.1, -0.05) is 53.9 Å². The first-order valence-electron chi connectivity index (χ1n) is 12.8. The molecule has 4 saturated carbocycles. The number of ketones is 1. The Morgan fingerprint density at radius 3 is 2.45 bits per heavy atom. The van der Waals surface area contributed by atoms with Gasteiger partial charge in [-0.25, -0.2) is 0 Å². The number of carbonyl (C=O) groups excluding carboxylic acids is 1. The summed E-state index contributed by atoms with van der Waals surface area (Å²) in [7, 11) is 0. The largest absolute Gasteiger partial charge is 0.389 e. The molecule has 0 aromatic rings. The second-order valence-corrected chi connectivity index (χ2v) is 12.6. The van der Waals surface area contributed by atoms with Crippen molar-refractivity contribution >= 4 is 5.78 Å². The topological polar surface area (TPSA) is 37.3 Å². The molecule has 8 atom stereocenters. The van der Waals surface area contributed by atoms with Crippen LogP contribution in [-0.4, -0.2) is 16.5 Å². The van der Waals surface area contributed by atoms with E-state index in [-0.39, 0.29) is 5.41 Å². The summed E-state index contributed by atoms with van der Waals surface area (Å²) in [5, 5.41) is 11.5. The lowest BCUT2D eigenvalue weighted by atomic mass is 9.43. The van der Waals surface area contributed by atoms with Gasteiger partial charge < -0.3 is 5.11 Å². The van der Waals surface area contributed by atoms with Gasteiger partial charge in [0.25, 0.3) is 0 Å². The Bertz CT molecular complexity index is 626. The van der Waals surface area contributed by atoms with Crippen molar-refractivity contribution in [2.45, 2.75) is 117 Å². The molecule has 0 amide bonds. The fourth-order valence-corrected chi connectivity index (χ4v) is 9.06. The minimum atomic E-state index is -0.723. The third-order valence-electron chi connectivity index (χ3n) is 10.8. The molecule has 0 aromatic heterocycles. The van der Waals surface area contributed by atoms with E-state index in [2.05, 4.69) is 34.6 Å². The lowest BCUT2D eigenvalue weighted by Crippen LogP contribution is -2.62. The average molecular weight is 403 g/mol. The second-order valence-electron chi connectivity index (χ2n) is 12.6. The first kappa shape index (κ1) is 21.8. The van der Waals surface area contributed by atoms with Crippen molar-refractivity contribution in [2.24, 2.45) is 46.3 Å². The molecule has 1 N–H and O–H groups in total. The number of carbonyl (C=O) groups is 1. The Morgan fingerprint density at radius 1 is 0.966 bits per heavy atom. The monoisotopic (exact) mass is 402 g/mol. The smallest absolute Gasteiger partial charge is 0.135 e. The predicted octanol–water partition coefficient (Wildman–Crippen LogP) is 6.79. The summed E-state index contributed by atoms with van der Waals surface area (Å²) in [6.45, 7) is 12.2. The summed E-state index contributed by atoms with van der Waals surface area (Å²) in [6, 6.07) is 0. The molecule has 4 aliphatic carbocycles. The first-order chi connectivity index (χ1) is 13.6. The summed E-state index contributed by atoms with van der Waals surface area (Å²) in [4.78, 5) is 12.1. The molecule has 2 heteroatoms. The summed E-state index contributed by atoms with van der Waals surface area (Å²) in [5.41, 5.74) is -0.250. The van der Waals surface area contributed by atoms with Crippen molar-refractivity contribution in [2.75, 3.05) is 0 Å². The lowest BCUT2D eigenvalue weighted by molar-refractivity contribution is -0.204. The highest BCUT2D eigenvalue weighted by molar-refractivity contribution is 5.80. The third-order valence-corrected chi connectivity index (χ3v) is 10.8. The third kappa shape index (κ3) is 3.44. The zero-order valence-corrected chi connectivity index (χ0v) is 19.8. The standard InChI is InChI=1S/C27H46O2/c1-18(2)7-6-8-19(3)22-9-10-23-21-12-16-27(29)17-20(28)11-15-26(27,5)24(21)13-14-25(22,23)4/h18-19,21-24,29H,6-17H2,1-5H3/t19-,21?,22?,23?,24?,25?,26?,27-/m1/s1. The molecule has 0 saturated heterocycles. The number of hydrogen-bond acceptors (Lipinski definition) is 2. The Balaban J connectivity index is 1.50. The Morgan fingerprint density at radius 2 is 1.72 bits per heavy atom. The van der Waals surface area contributed by atoms with Crippen molar-refractivity contribution in [1.82, 2.24) is 0 Å². The number of rotatable bonds is 5. The van der Waals surface area contributed by atoms with Gasteiger partial charge in [-0.05, 0) is 85.9 Å². The maximum Gasteiger partial charge on any atom is 0.135 e. The van der Waals surface area contributed by atoms with Crippen molar-refractivity contribution in [1.29, 1.82) is 0 Å². The molecule has 166 valence electrons. The van der Waals surface area contributed by atoms with Crippen LogP contribution in [-0.2, 0) is 4.79 Å². The zero-order valence-electron chi connectivity index (χ0n) is 19.8. The molecular formula is C27H46O2. The number of hydrogen-bond donors (Lipinski definition) is 1. The Kier molecular flexibility index (Phi) is 5.76. The van der Waals surface area contributed by atoms with E-state index in [0.717, 1.165) is 48.9 Å². The SMILES string of the molecule is CC(C)CCC[C@@H](C)C1CCC2C3CC[C@@]4(O)CC(=O)CCC4(C)C3CCC21C. The molecule has 4 rings (SSSR count). The normalized spacial score (nSPS) is 48.2. The van der Waals surface area contributed by atoms with E-state index in [1.807, 2.05) is 0 Å². The fourth-order valence-electron chi connectivity index (χ4n) is 9.06. The molecule has 0 bridgehead atoms. The van der Waals surface area contributed by atoms with E-state index >= 15 is 0 Å². The molecule has 4 fully saturated rings. The van der Waals surface area contributed by atoms with E-state index in [4.69, 9.17) is 0 Å². The van der Waals surface area contributed by atoms with Crippen LogP contribution >= 0.6 is 0 Å². The highest BCUT2D eigenvalue weighted by atomic mass is 16.3. The summed E-state index contributed by atoms with van der Waals surface area (Å²) >= 11 is 0. The molecule has 0 aliphatic heterocycles. The van der Waals surface area contributed by atoms with Gasteiger partial charge in [0.1, 0.15) is 5.78 Å². The van der Waals surface area contributed by atoms with Crippen molar-refractivity contribution < 1.29 is 9.90 Å².